The summed E-state index contributed by atoms with van der Waals surface area (Å²) in [5.41, 5.74) is 5.98. The van der Waals surface area contributed by atoms with Crippen LogP contribution in [0.4, 0.5) is 5.69 Å². The highest BCUT2D eigenvalue weighted by Gasteiger charge is 2.84. The van der Waals surface area contributed by atoms with E-state index in [9.17, 15) is 4.79 Å². The third kappa shape index (κ3) is 1.78. The summed E-state index contributed by atoms with van der Waals surface area (Å²) in [4.78, 5) is 13.4. The topological polar surface area (TPSA) is 107 Å². The smallest absolute Gasteiger partial charge is 0.310 e. The van der Waals surface area contributed by atoms with Gasteiger partial charge in [0, 0.05) is 31.7 Å². The summed E-state index contributed by atoms with van der Waals surface area (Å²) >= 11 is 0. The Labute approximate surface area is 169 Å². The van der Waals surface area contributed by atoms with E-state index in [1.165, 1.54) is 7.11 Å². The van der Waals surface area contributed by atoms with Gasteiger partial charge < -0.3 is 30.0 Å². The summed E-state index contributed by atoms with van der Waals surface area (Å²) in [6.07, 6.45) is 0.620. The molecule has 3 saturated heterocycles. The Balaban J connectivity index is 1.65. The van der Waals surface area contributed by atoms with E-state index in [2.05, 4.69) is 23.6 Å². The highest BCUT2D eigenvalue weighted by atomic mass is 16.7. The number of benzene rings is 1. The first-order valence-electron chi connectivity index (χ1n) is 10.3. The van der Waals surface area contributed by atoms with Crippen LogP contribution in [-0.4, -0.2) is 56.1 Å². The summed E-state index contributed by atoms with van der Waals surface area (Å²) in [7, 11) is 3.08. The number of hydrogen-bond donors (Lipinski definition) is 3. The van der Waals surface area contributed by atoms with Crippen LogP contribution in [0.5, 0.6) is 0 Å². The molecule has 6 rings (SSSR count). The average molecular weight is 401 g/mol. The van der Waals surface area contributed by atoms with Crippen LogP contribution in [0.2, 0.25) is 0 Å². The number of ether oxygens (including phenoxy) is 4. The van der Waals surface area contributed by atoms with Crippen LogP contribution < -0.4 is 16.4 Å². The van der Waals surface area contributed by atoms with Gasteiger partial charge in [-0.25, -0.2) is 0 Å². The van der Waals surface area contributed by atoms with Gasteiger partial charge in [0.25, 0.3) is 0 Å². The summed E-state index contributed by atoms with van der Waals surface area (Å²) < 4.78 is 23.7. The van der Waals surface area contributed by atoms with Gasteiger partial charge in [0.05, 0.1) is 24.5 Å². The summed E-state index contributed by atoms with van der Waals surface area (Å²) in [6, 6.07) is 8.05. The minimum Gasteiger partial charge on any atom is -0.469 e. The molecule has 4 fully saturated rings. The average Bonchev–Trinajstić information content (AvgIpc) is 3.10. The second-order valence-electron chi connectivity index (χ2n) is 9.16. The van der Waals surface area contributed by atoms with Crippen molar-refractivity contribution in [1.82, 2.24) is 5.32 Å². The molecule has 1 aromatic carbocycles. The summed E-state index contributed by atoms with van der Waals surface area (Å²) in [5, 5.41) is 7.15. The van der Waals surface area contributed by atoms with Crippen molar-refractivity contribution < 1.29 is 23.7 Å². The normalized spacial score (nSPS) is 51.0. The highest BCUT2D eigenvalue weighted by molar-refractivity contribution is 5.81. The molecule has 8 heteroatoms. The minimum absolute atomic E-state index is 0.0609. The van der Waals surface area contributed by atoms with Gasteiger partial charge in [-0.3, -0.25) is 10.1 Å². The first kappa shape index (κ1) is 18.1. The Hall–Kier alpha value is -1.71. The lowest BCUT2D eigenvalue weighted by Gasteiger charge is -2.62. The second kappa shape index (κ2) is 5.31. The maximum absolute atomic E-state index is 13.4. The number of fused-ring (bicyclic) bond motifs is 4. The number of para-hydroxylation sites is 1. The Morgan fingerprint density at radius 1 is 1.24 bits per heavy atom. The molecule has 1 aliphatic carbocycles. The van der Waals surface area contributed by atoms with E-state index >= 15 is 0 Å². The predicted octanol–water partition coefficient (Wildman–Crippen LogP) is 0.664. The molecule has 1 saturated carbocycles. The quantitative estimate of drug-likeness (QED) is 0.490. The highest BCUT2D eigenvalue weighted by Crippen LogP contribution is 2.71. The maximum atomic E-state index is 13.4. The molecule has 5 aliphatic rings. The molecule has 8 atom stereocenters. The zero-order chi connectivity index (χ0) is 20.2. The lowest BCUT2D eigenvalue weighted by atomic mass is 9.48. The van der Waals surface area contributed by atoms with E-state index in [1.54, 1.807) is 7.11 Å². The Morgan fingerprint density at radius 3 is 2.69 bits per heavy atom. The Kier molecular flexibility index (Phi) is 3.31. The van der Waals surface area contributed by atoms with Crippen LogP contribution in [0.1, 0.15) is 25.3 Å². The molecule has 0 radical (unpaired) electrons. The van der Waals surface area contributed by atoms with Crippen molar-refractivity contribution in [3.8, 4) is 0 Å². The maximum Gasteiger partial charge on any atom is 0.310 e. The largest absolute Gasteiger partial charge is 0.469 e. The number of carbonyl (C=O) groups excluding carboxylic acids is 1. The number of rotatable bonds is 2. The predicted molar refractivity (Wildman–Crippen MR) is 103 cm³/mol. The van der Waals surface area contributed by atoms with Crippen LogP contribution in [-0.2, 0) is 29.2 Å². The first-order chi connectivity index (χ1) is 13.9. The number of anilines is 1. The molecule has 0 unspecified atom stereocenters. The molecule has 29 heavy (non-hydrogen) atoms. The van der Waals surface area contributed by atoms with Crippen LogP contribution in [0, 0.1) is 11.8 Å². The number of hydrogen-bond acceptors (Lipinski definition) is 8. The number of nitrogens with two attached hydrogens (primary N) is 1. The molecule has 0 aromatic heterocycles. The molecule has 2 bridgehead atoms. The fourth-order valence-corrected chi connectivity index (χ4v) is 7.01. The third-order valence-corrected chi connectivity index (χ3v) is 8.30. The molecule has 4 aliphatic heterocycles. The molecular weight excluding hydrogens is 374 g/mol. The molecule has 8 nitrogen and oxygen atoms in total. The Morgan fingerprint density at radius 2 is 2.00 bits per heavy atom. The molecule has 156 valence electrons. The van der Waals surface area contributed by atoms with E-state index in [1.807, 2.05) is 18.2 Å². The van der Waals surface area contributed by atoms with Crippen molar-refractivity contribution in [2.75, 3.05) is 26.1 Å². The number of piperidine rings is 1. The Bertz CT molecular complexity index is 912. The van der Waals surface area contributed by atoms with Gasteiger partial charge in [-0.15, -0.1) is 0 Å². The van der Waals surface area contributed by atoms with Crippen LogP contribution >= 0.6 is 0 Å². The van der Waals surface area contributed by atoms with E-state index in [4.69, 9.17) is 24.7 Å². The van der Waals surface area contributed by atoms with Crippen LogP contribution in [0.25, 0.3) is 0 Å². The fraction of sp³-hybridized carbons (Fsp3) is 0.667. The van der Waals surface area contributed by atoms with Gasteiger partial charge in [0.1, 0.15) is 11.3 Å². The molecule has 0 amide bonds. The van der Waals surface area contributed by atoms with E-state index in [-0.39, 0.29) is 18.0 Å². The standard InChI is InChI=1S/C21H27N3O5/c1-11-19(28-11)10-23-20(22)8-13(19)16(17(25)27-3)18-9-15(26-2)29-21(18,20)24-14-7-5-4-6-12(14)18/h4-7,11,13,15-16,23-24H,8-10,22H2,1-3H3/t11-,13-,15+,16+,18-,19+,20+,21+/m0/s1. The van der Waals surface area contributed by atoms with E-state index < -0.39 is 34.6 Å². The zero-order valence-corrected chi connectivity index (χ0v) is 16.9. The van der Waals surface area contributed by atoms with Gasteiger partial charge in [0.15, 0.2) is 12.0 Å². The van der Waals surface area contributed by atoms with Gasteiger partial charge in [-0.2, -0.15) is 0 Å². The van der Waals surface area contributed by atoms with Crippen molar-refractivity contribution in [2.24, 2.45) is 17.6 Å². The van der Waals surface area contributed by atoms with Gasteiger partial charge >= 0.3 is 5.97 Å². The third-order valence-electron chi connectivity index (χ3n) is 8.30. The summed E-state index contributed by atoms with van der Waals surface area (Å²) in [5.74, 6) is -0.798. The molecule has 4 heterocycles. The van der Waals surface area contributed by atoms with Crippen molar-refractivity contribution in [2.45, 2.75) is 54.6 Å². The SMILES string of the molecule is COC(=O)[C@H]1[C@@H]2C[C@@](N)(NC[C@]23O[C@H]3C)[C@@]23Nc4ccccc4[C@@]12C[C@H](OC)O3. The summed E-state index contributed by atoms with van der Waals surface area (Å²) in [6.45, 7) is 2.63. The number of nitrogens with one attached hydrogen (secondary N) is 2. The molecular formula is C21H27N3O5. The fourth-order valence-electron chi connectivity index (χ4n) is 7.01. The van der Waals surface area contributed by atoms with E-state index in [0.29, 0.717) is 19.4 Å². The lowest BCUT2D eigenvalue weighted by Crippen LogP contribution is -2.85. The second-order valence-corrected chi connectivity index (χ2v) is 9.16. The monoisotopic (exact) mass is 401 g/mol. The zero-order valence-electron chi connectivity index (χ0n) is 16.9. The number of carbonyl (C=O) groups is 1. The number of epoxide rings is 1. The number of methoxy groups -OCH3 is 2. The van der Waals surface area contributed by atoms with Crippen molar-refractivity contribution in [3.05, 3.63) is 29.8 Å². The lowest BCUT2D eigenvalue weighted by molar-refractivity contribution is -0.216. The number of esters is 1. The van der Waals surface area contributed by atoms with Crippen molar-refractivity contribution >= 4 is 11.7 Å². The van der Waals surface area contributed by atoms with Gasteiger partial charge in [0.2, 0.25) is 0 Å². The van der Waals surface area contributed by atoms with Crippen molar-refractivity contribution in [3.63, 3.8) is 0 Å². The molecule has 1 spiro atoms. The van der Waals surface area contributed by atoms with Crippen molar-refractivity contribution in [1.29, 1.82) is 0 Å². The van der Waals surface area contributed by atoms with E-state index in [0.717, 1.165) is 11.3 Å². The van der Waals surface area contributed by atoms with Crippen LogP contribution in [0.3, 0.4) is 0 Å². The van der Waals surface area contributed by atoms with Gasteiger partial charge in [-0.05, 0) is 25.0 Å². The molecule has 4 N–H and O–H groups in total. The molecule has 1 aromatic rings. The minimum atomic E-state index is -1.03. The first-order valence-corrected chi connectivity index (χ1v) is 10.3. The van der Waals surface area contributed by atoms with Crippen LogP contribution in [0.15, 0.2) is 24.3 Å². The van der Waals surface area contributed by atoms with Gasteiger partial charge in [-0.1, -0.05) is 18.2 Å².